The summed E-state index contributed by atoms with van der Waals surface area (Å²) in [6.45, 7) is 0. The van der Waals surface area contributed by atoms with E-state index in [0.29, 0.717) is 5.75 Å². The Labute approximate surface area is 133 Å². The summed E-state index contributed by atoms with van der Waals surface area (Å²) in [5.41, 5.74) is 1.00. The summed E-state index contributed by atoms with van der Waals surface area (Å²) < 4.78 is 33.2. The quantitative estimate of drug-likeness (QED) is 0.617. The van der Waals surface area contributed by atoms with Crippen molar-refractivity contribution < 1.29 is 13.5 Å². The van der Waals surface area contributed by atoms with Gasteiger partial charge in [0.1, 0.15) is 17.4 Å². The first-order valence-corrected chi connectivity index (χ1v) is 7.64. The maximum atomic E-state index is 13.6. The van der Waals surface area contributed by atoms with Gasteiger partial charge in [-0.1, -0.05) is 28.1 Å². The molecule has 0 saturated heterocycles. The number of hydrogen-bond acceptors (Lipinski definition) is 1. The Bertz CT molecular complexity index is 597. The molecule has 0 aliphatic heterocycles. The molecule has 0 aromatic heterocycles. The SMILES string of the molecule is COc1ccc(C(Br)Cc2c(F)cccc2F)cc1Br. The van der Waals surface area contributed by atoms with E-state index in [4.69, 9.17) is 4.74 Å². The van der Waals surface area contributed by atoms with Gasteiger partial charge in [0, 0.05) is 10.4 Å². The molecule has 106 valence electrons. The lowest BCUT2D eigenvalue weighted by Crippen LogP contribution is -2.01. The fourth-order valence-electron chi connectivity index (χ4n) is 1.90. The van der Waals surface area contributed by atoms with Crippen LogP contribution in [0.2, 0.25) is 0 Å². The Morgan fingerprint density at radius 3 is 2.35 bits per heavy atom. The number of alkyl halides is 1. The smallest absolute Gasteiger partial charge is 0.133 e. The number of halogens is 4. The van der Waals surface area contributed by atoms with E-state index in [1.54, 1.807) is 7.11 Å². The number of hydrogen-bond donors (Lipinski definition) is 0. The zero-order valence-electron chi connectivity index (χ0n) is 10.7. The van der Waals surface area contributed by atoms with Gasteiger partial charge in [-0.25, -0.2) is 8.78 Å². The molecule has 0 saturated carbocycles. The minimum Gasteiger partial charge on any atom is -0.496 e. The van der Waals surface area contributed by atoms with Crippen LogP contribution in [0.1, 0.15) is 16.0 Å². The summed E-state index contributed by atoms with van der Waals surface area (Å²) in [5.74, 6) is -0.338. The highest BCUT2D eigenvalue weighted by Gasteiger charge is 2.16. The van der Waals surface area contributed by atoms with Gasteiger partial charge in [0.25, 0.3) is 0 Å². The standard InChI is InChI=1S/C15H12Br2F2O/c1-20-15-6-5-9(7-12(15)17)11(16)8-10-13(18)3-2-4-14(10)19/h2-7,11H,8H2,1H3. The third kappa shape index (κ3) is 3.38. The zero-order valence-corrected chi connectivity index (χ0v) is 13.8. The highest BCUT2D eigenvalue weighted by Crippen LogP contribution is 2.34. The van der Waals surface area contributed by atoms with Gasteiger partial charge < -0.3 is 4.74 Å². The molecule has 0 fully saturated rings. The van der Waals surface area contributed by atoms with Gasteiger partial charge in [-0.2, -0.15) is 0 Å². The maximum absolute atomic E-state index is 13.6. The Hall–Kier alpha value is -0.940. The van der Waals surface area contributed by atoms with Crippen molar-refractivity contribution in [2.75, 3.05) is 7.11 Å². The van der Waals surface area contributed by atoms with E-state index in [9.17, 15) is 8.78 Å². The Morgan fingerprint density at radius 2 is 1.80 bits per heavy atom. The molecule has 0 heterocycles. The minimum atomic E-state index is -0.526. The Kier molecular flexibility index (Phi) is 5.16. The third-order valence-electron chi connectivity index (χ3n) is 2.98. The van der Waals surface area contributed by atoms with Crippen molar-refractivity contribution in [3.05, 3.63) is 63.6 Å². The van der Waals surface area contributed by atoms with Gasteiger partial charge >= 0.3 is 0 Å². The second-order valence-corrected chi connectivity index (χ2v) is 6.23. The summed E-state index contributed by atoms with van der Waals surface area (Å²) in [6.07, 6.45) is 0.233. The van der Waals surface area contributed by atoms with Gasteiger partial charge in [-0.05, 0) is 52.2 Å². The average Bonchev–Trinajstić information content (AvgIpc) is 2.42. The first-order chi connectivity index (χ1) is 9.52. The van der Waals surface area contributed by atoms with Crippen LogP contribution in [0.25, 0.3) is 0 Å². The molecular weight excluding hydrogens is 394 g/mol. The van der Waals surface area contributed by atoms with Crippen LogP contribution in [-0.2, 0) is 6.42 Å². The molecule has 1 unspecified atom stereocenters. The molecule has 0 amide bonds. The van der Waals surface area contributed by atoms with Crippen LogP contribution in [0.3, 0.4) is 0 Å². The maximum Gasteiger partial charge on any atom is 0.133 e. The van der Waals surface area contributed by atoms with Crippen molar-refractivity contribution in [2.45, 2.75) is 11.2 Å². The third-order valence-corrected chi connectivity index (χ3v) is 4.45. The first kappa shape index (κ1) is 15.4. The van der Waals surface area contributed by atoms with Crippen LogP contribution in [0.15, 0.2) is 40.9 Å². The van der Waals surface area contributed by atoms with E-state index in [1.807, 2.05) is 18.2 Å². The fourth-order valence-corrected chi connectivity index (χ4v) is 3.07. The molecule has 0 bridgehead atoms. The molecule has 1 atom stereocenters. The molecule has 2 aromatic rings. The molecule has 0 spiro atoms. The van der Waals surface area contributed by atoms with Crippen molar-refractivity contribution in [2.24, 2.45) is 0 Å². The first-order valence-electron chi connectivity index (χ1n) is 5.93. The topological polar surface area (TPSA) is 9.23 Å². The summed E-state index contributed by atoms with van der Waals surface area (Å²) in [6, 6.07) is 9.44. The van der Waals surface area contributed by atoms with E-state index >= 15 is 0 Å². The fraction of sp³-hybridized carbons (Fsp3) is 0.200. The zero-order chi connectivity index (χ0) is 14.7. The minimum absolute atomic E-state index is 0.0846. The van der Waals surface area contributed by atoms with E-state index in [0.717, 1.165) is 10.0 Å². The van der Waals surface area contributed by atoms with Crippen molar-refractivity contribution in [3.8, 4) is 5.75 Å². The Balaban J connectivity index is 2.24. The molecule has 0 aliphatic rings. The van der Waals surface area contributed by atoms with Crippen LogP contribution in [-0.4, -0.2) is 7.11 Å². The molecular formula is C15H12Br2F2O. The van der Waals surface area contributed by atoms with Crippen LogP contribution in [0, 0.1) is 11.6 Å². The summed E-state index contributed by atoms with van der Waals surface area (Å²) in [7, 11) is 1.58. The average molecular weight is 406 g/mol. The lowest BCUT2D eigenvalue weighted by Gasteiger charge is -2.13. The molecule has 2 rings (SSSR count). The number of ether oxygens (including phenoxy) is 1. The van der Waals surface area contributed by atoms with Crippen molar-refractivity contribution in [1.82, 2.24) is 0 Å². The van der Waals surface area contributed by atoms with E-state index in [1.165, 1.54) is 18.2 Å². The summed E-state index contributed by atoms with van der Waals surface area (Å²) in [5, 5.41) is 0. The molecule has 5 heteroatoms. The van der Waals surface area contributed by atoms with E-state index < -0.39 is 11.6 Å². The normalized spacial score (nSPS) is 12.2. The predicted octanol–water partition coefficient (Wildman–Crippen LogP) is 5.41. The Morgan fingerprint density at radius 1 is 1.15 bits per heavy atom. The second kappa shape index (κ2) is 6.68. The molecule has 1 nitrogen and oxygen atoms in total. The van der Waals surface area contributed by atoms with Gasteiger partial charge in [0.2, 0.25) is 0 Å². The molecule has 0 aliphatic carbocycles. The largest absolute Gasteiger partial charge is 0.496 e. The number of methoxy groups -OCH3 is 1. The van der Waals surface area contributed by atoms with Gasteiger partial charge in [0.15, 0.2) is 0 Å². The van der Waals surface area contributed by atoms with Crippen molar-refractivity contribution in [1.29, 1.82) is 0 Å². The molecule has 0 N–H and O–H groups in total. The van der Waals surface area contributed by atoms with Crippen LogP contribution in [0.5, 0.6) is 5.75 Å². The summed E-state index contributed by atoms with van der Waals surface area (Å²) in [4.78, 5) is -0.184. The van der Waals surface area contributed by atoms with Gasteiger partial charge in [-0.15, -0.1) is 0 Å². The van der Waals surface area contributed by atoms with Crippen molar-refractivity contribution in [3.63, 3.8) is 0 Å². The number of rotatable bonds is 4. The van der Waals surface area contributed by atoms with E-state index in [-0.39, 0.29) is 16.8 Å². The molecule has 20 heavy (non-hydrogen) atoms. The predicted molar refractivity (Wildman–Crippen MR) is 82.4 cm³/mol. The molecule has 0 radical (unpaired) electrons. The van der Waals surface area contributed by atoms with Gasteiger partial charge in [-0.3, -0.25) is 0 Å². The lowest BCUT2D eigenvalue weighted by atomic mass is 10.0. The van der Waals surface area contributed by atoms with Crippen LogP contribution < -0.4 is 4.74 Å². The highest BCUT2D eigenvalue weighted by molar-refractivity contribution is 9.10. The van der Waals surface area contributed by atoms with Gasteiger partial charge in [0.05, 0.1) is 11.6 Å². The highest BCUT2D eigenvalue weighted by atomic mass is 79.9. The number of benzene rings is 2. The second-order valence-electron chi connectivity index (χ2n) is 4.27. The van der Waals surface area contributed by atoms with Crippen LogP contribution in [0.4, 0.5) is 8.78 Å². The van der Waals surface area contributed by atoms with E-state index in [2.05, 4.69) is 31.9 Å². The molecule has 2 aromatic carbocycles. The lowest BCUT2D eigenvalue weighted by molar-refractivity contribution is 0.412. The van der Waals surface area contributed by atoms with Crippen LogP contribution >= 0.6 is 31.9 Å². The monoisotopic (exact) mass is 404 g/mol. The summed E-state index contributed by atoms with van der Waals surface area (Å²) >= 11 is 6.87. The van der Waals surface area contributed by atoms with Crippen molar-refractivity contribution >= 4 is 31.9 Å².